The lowest BCUT2D eigenvalue weighted by Gasteiger charge is -2.19. The van der Waals surface area contributed by atoms with Crippen molar-refractivity contribution in [2.75, 3.05) is 5.75 Å². The standard InChI is InChI=1S/C28H27Cl2N5OS/c1-18-8-14-21(15-9-18)35-26(19-10-12-20(13-11-19)28(2,3)4)33-34-27(35)37-17-25(36)32-31-16-22-23(29)6-5-7-24(22)30/h5-16H,17H2,1-4H3,(H,32,36). The van der Waals surface area contributed by atoms with Gasteiger partial charge in [-0.1, -0.05) is 104 Å². The number of aryl methyl sites for hydroxylation is 1. The zero-order valence-electron chi connectivity index (χ0n) is 21.0. The summed E-state index contributed by atoms with van der Waals surface area (Å²) in [4.78, 5) is 12.5. The van der Waals surface area contributed by atoms with Gasteiger partial charge < -0.3 is 0 Å². The fourth-order valence-electron chi connectivity index (χ4n) is 3.56. The molecular weight excluding hydrogens is 525 g/mol. The van der Waals surface area contributed by atoms with Gasteiger partial charge in [-0.2, -0.15) is 5.10 Å². The van der Waals surface area contributed by atoms with Gasteiger partial charge in [0.05, 0.1) is 22.0 Å². The largest absolute Gasteiger partial charge is 0.272 e. The first kappa shape index (κ1) is 26.9. The van der Waals surface area contributed by atoms with Gasteiger partial charge in [0.15, 0.2) is 11.0 Å². The molecule has 1 heterocycles. The number of hydrogen-bond donors (Lipinski definition) is 1. The predicted molar refractivity (Wildman–Crippen MR) is 153 cm³/mol. The number of rotatable bonds is 7. The third kappa shape index (κ3) is 6.60. The van der Waals surface area contributed by atoms with Crippen LogP contribution in [0.1, 0.15) is 37.5 Å². The van der Waals surface area contributed by atoms with E-state index >= 15 is 0 Å². The quantitative estimate of drug-likeness (QED) is 0.151. The fraction of sp³-hybridized carbons (Fsp3) is 0.214. The van der Waals surface area contributed by atoms with Gasteiger partial charge in [-0.3, -0.25) is 9.36 Å². The molecule has 6 nitrogen and oxygen atoms in total. The van der Waals surface area contributed by atoms with E-state index in [1.165, 1.54) is 23.5 Å². The molecule has 0 aliphatic rings. The topological polar surface area (TPSA) is 72.2 Å². The highest BCUT2D eigenvalue weighted by Crippen LogP contribution is 2.30. The van der Waals surface area contributed by atoms with Crippen LogP contribution in [0.25, 0.3) is 17.1 Å². The first-order valence-corrected chi connectivity index (χ1v) is 13.4. The zero-order chi connectivity index (χ0) is 26.6. The Morgan fingerprint density at radius 1 is 1.00 bits per heavy atom. The van der Waals surface area contributed by atoms with E-state index < -0.39 is 0 Å². The second-order valence-corrected chi connectivity index (χ2v) is 11.3. The summed E-state index contributed by atoms with van der Waals surface area (Å²) in [5, 5.41) is 14.4. The highest BCUT2D eigenvalue weighted by atomic mass is 35.5. The summed E-state index contributed by atoms with van der Waals surface area (Å²) >= 11 is 13.6. The van der Waals surface area contributed by atoms with E-state index in [4.69, 9.17) is 23.2 Å². The van der Waals surface area contributed by atoms with Crippen molar-refractivity contribution < 1.29 is 4.79 Å². The van der Waals surface area contributed by atoms with Gasteiger partial charge in [0.1, 0.15) is 0 Å². The molecule has 0 spiro atoms. The maximum atomic E-state index is 12.5. The molecule has 0 radical (unpaired) electrons. The maximum Gasteiger partial charge on any atom is 0.250 e. The van der Waals surface area contributed by atoms with Gasteiger partial charge in [-0.15, -0.1) is 10.2 Å². The molecule has 1 amide bonds. The highest BCUT2D eigenvalue weighted by Gasteiger charge is 2.19. The Labute approximate surface area is 231 Å². The van der Waals surface area contributed by atoms with Gasteiger partial charge >= 0.3 is 0 Å². The summed E-state index contributed by atoms with van der Waals surface area (Å²) in [6, 6.07) is 21.6. The average Bonchev–Trinajstić information content (AvgIpc) is 3.28. The maximum absolute atomic E-state index is 12.5. The molecular formula is C28H27Cl2N5OS. The van der Waals surface area contributed by atoms with Crippen LogP contribution in [-0.4, -0.2) is 32.6 Å². The van der Waals surface area contributed by atoms with Crippen molar-refractivity contribution in [1.29, 1.82) is 0 Å². The zero-order valence-corrected chi connectivity index (χ0v) is 23.3. The number of nitrogens with one attached hydrogen (secondary N) is 1. The molecule has 4 aromatic rings. The van der Waals surface area contributed by atoms with E-state index in [0.717, 1.165) is 16.8 Å². The molecule has 0 saturated carbocycles. The molecule has 0 saturated heterocycles. The average molecular weight is 553 g/mol. The van der Waals surface area contributed by atoms with Crippen LogP contribution >= 0.6 is 35.0 Å². The number of amides is 1. The minimum absolute atomic E-state index is 0.0528. The molecule has 37 heavy (non-hydrogen) atoms. The van der Waals surface area contributed by atoms with Crippen molar-refractivity contribution in [2.45, 2.75) is 38.3 Å². The third-order valence-electron chi connectivity index (χ3n) is 5.65. The summed E-state index contributed by atoms with van der Waals surface area (Å²) < 4.78 is 1.97. The number of hydrazone groups is 1. The molecule has 0 atom stereocenters. The van der Waals surface area contributed by atoms with Gasteiger partial charge in [-0.05, 0) is 42.2 Å². The molecule has 0 unspecified atom stereocenters. The van der Waals surface area contributed by atoms with Gasteiger partial charge in [0.25, 0.3) is 5.91 Å². The van der Waals surface area contributed by atoms with E-state index in [-0.39, 0.29) is 17.1 Å². The van der Waals surface area contributed by atoms with Crippen LogP contribution in [0, 0.1) is 6.92 Å². The third-order valence-corrected chi connectivity index (χ3v) is 7.24. The summed E-state index contributed by atoms with van der Waals surface area (Å²) in [5.74, 6) is 0.512. The number of carbonyl (C=O) groups is 1. The van der Waals surface area contributed by atoms with Gasteiger partial charge in [0, 0.05) is 16.8 Å². The van der Waals surface area contributed by atoms with E-state index in [9.17, 15) is 4.79 Å². The molecule has 3 aromatic carbocycles. The Bertz CT molecular complexity index is 1400. The van der Waals surface area contributed by atoms with Crippen molar-refractivity contribution in [3.05, 3.63) is 93.5 Å². The van der Waals surface area contributed by atoms with E-state index in [1.54, 1.807) is 18.2 Å². The molecule has 0 aliphatic heterocycles. The fourth-order valence-corrected chi connectivity index (χ4v) is 4.80. The van der Waals surface area contributed by atoms with E-state index in [2.05, 4.69) is 65.8 Å². The monoisotopic (exact) mass is 551 g/mol. The lowest BCUT2D eigenvalue weighted by atomic mass is 9.87. The second-order valence-electron chi connectivity index (χ2n) is 9.52. The molecule has 0 aliphatic carbocycles. The number of halogens is 2. The van der Waals surface area contributed by atoms with Crippen LogP contribution in [0.2, 0.25) is 10.0 Å². The number of nitrogens with zero attached hydrogens (tertiary/aromatic N) is 4. The molecule has 4 rings (SSSR count). The molecule has 0 bridgehead atoms. The van der Waals surface area contributed by atoms with Crippen molar-refractivity contribution in [3.63, 3.8) is 0 Å². The second kappa shape index (κ2) is 11.5. The Balaban J connectivity index is 1.55. The van der Waals surface area contributed by atoms with E-state index in [1.807, 2.05) is 35.8 Å². The van der Waals surface area contributed by atoms with Crippen LogP contribution < -0.4 is 5.43 Å². The smallest absolute Gasteiger partial charge is 0.250 e. The first-order valence-electron chi connectivity index (χ1n) is 11.7. The molecule has 0 fully saturated rings. The lowest BCUT2D eigenvalue weighted by molar-refractivity contribution is -0.118. The SMILES string of the molecule is Cc1ccc(-n2c(SCC(=O)NN=Cc3c(Cl)cccc3Cl)nnc2-c2ccc(C(C)(C)C)cc2)cc1. The Hall–Kier alpha value is -3.13. The van der Waals surface area contributed by atoms with Gasteiger partial charge in [-0.25, -0.2) is 5.43 Å². The number of aromatic nitrogens is 3. The van der Waals surface area contributed by atoms with Crippen LogP contribution in [0.4, 0.5) is 0 Å². The summed E-state index contributed by atoms with van der Waals surface area (Å²) in [6.45, 7) is 8.59. The molecule has 1 N–H and O–H groups in total. The minimum atomic E-state index is -0.293. The van der Waals surface area contributed by atoms with Crippen molar-refractivity contribution >= 4 is 47.1 Å². The summed E-state index contributed by atoms with van der Waals surface area (Å²) in [7, 11) is 0. The normalized spacial score (nSPS) is 11.7. The molecule has 190 valence electrons. The van der Waals surface area contributed by atoms with Crippen LogP contribution in [0.15, 0.2) is 77.0 Å². The summed E-state index contributed by atoms with van der Waals surface area (Å²) in [6.07, 6.45) is 1.43. The highest BCUT2D eigenvalue weighted by molar-refractivity contribution is 7.99. The first-order chi connectivity index (χ1) is 17.6. The predicted octanol–water partition coefficient (Wildman–Crippen LogP) is 7.09. The molecule has 1 aromatic heterocycles. The van der Waals surface area contributed by atoms with Gasteiger partial charge in [0.2, 0.25) is 0 Å². The van der Waals surface area contributed by atoms with Crippen molar-refractivity contribution in [3.8, 4) is 17.1 Å². The molecule has 9 heteroatoms. The Kier molecular flexibility index (Phi) is 8.37. The minimum Gasteiger partial charge on any atom is -0.272 e. The Morgan fingerprint density at radius 3 is 2.27 bits per heavy atom. The lowest BCUT2D eigenvalue weighted by Crippen LogP contribution is -2.20. The summed E-state index contributed by atoms with van der Waals surface area (Å²) in [5.41, 5.74) is 7.36. The number of thioether (sulfide) groups is 1. The number of carbonyl (C=O) groups excluding carboxylic acids is 1. The van der Waals surface area contributed by atoms with Crippen LogP contribution in [-0.2, 0) is 10.2 Å². The van der Waals surface area contributed by atoms with Crippen molar-refractivity contribution in [2.24, 2.45) is 5.10 Å². The van der Waals surface area contributed by atoms with Crippen molar-refractivity contribution in [1.82, 2.24) is 20.2 Å². The van der Waals surface area contributed by atoms with E-state index in [0.29, 0.717) is 26.6 Å². The van der Waals surface area contributed by atoms with Crippen LogP contribution in [0.5, 0.6) is 0 Å². The van der Waals surface area contributed by atoms with Crippen LogP contribution in [0.3, 0.4) is 0 Å². The number of benzene rings is 3. The Morgan fingerprint density at radius 2 is 1.65 bits per heavy atom. The number of hydrogen-bond acceptors (Lipinski definition) is 5.